The number of aliphatic imine (C=N–C) groups is 2. The molecule has 0 aliphatic rings. The predicted molar refractivity (Wildman–Crippen MR) is 121 cm³/mol. The van der Waals surface area contributed by atoms with Crippen molar-refractivity contribution in [2.24, 2.45) is 9.98 Å². The van der Waals surface area contributed by atoms with Crippen LogP contribution < -0.4 is 0 Å². The van der Waals surface area contributed by atoms with Gasteiger partial charge in [0, 0.05) is 60.0 Å². The molecule has 0 bridgehead atoms. The highest BCUT2D eigenvalue weighted by atomic mass is 28.4. The molecule has 0 unspecified atom stereocenters. The summed E-state index contributed by atoms with van der Waals surface area (Å²) in [6.45, 7) is 6.04. The first-order chi connectivity index (χ1) is 13.4. The molecule has 0 aliphatic carbocycles. The largest absolute Gasteiger partial charge is 0.500 e. The molecule has 0 amide bonds. The number of benzene rings is 1. The Morgan fingerprint density at radius 3 is 1.54 bits per heavy atom. The van der Waals surface area contributed by atoms with Crippen molar-refractivity contribution in [1.82, 2.24) is 0 Å². The number of hydrogen-bond acceptors (Lipinski definition) is 6. The van der Waals surface area contributed by atoms with E-state index in [1.54, 1.807) is 21.3 Å². The summed E-state index contributed by atoms with van der Waals surface area (Å²) in [7, 11) is 2.78. The molecular formula is C20H36N2O4Si2. The standard InChI is InChI=1S/C20H36N2O4Si2/c1-23-27(5,6)15-7-13-21-17-19-9-11-20(12-10-19)18-22-14-8-16-28(24-2,25-3)26-4/h9-12,17-18H,7-8,13-16H2,1-6H3/b21-17+,22-18+. The van der Waals surface area contributed by atoms with Gasteiger partial charge in [-0.3, -0.25) is 9.98 Å². The van der Waals surface area contributed by atoms with E-state index in [-0.39, 0.29) is 0 Å². The van der Waals surface area contributed by atoms with E-state index in [1.165, 1.54) is 0 Å². The van der Waals surface area contributed by atoms with Gasteiger partial charge in [0.05, 0.1) is 0 Å². The van der Waals surface area contributed by atoms with E-state index < -0.39 is 17.1 Å². The Labute approximate surface area is 172 Å². The molecule has 1 rings (SSSR count). The fraction of sp³-hybridized carbons (Fsp3) is 0.600. The molecule has 0 saturated carbocycles. The highest BCUT2D eigenvalue weighted by Crippen LogP contribution is 2.15. The van der Waals surface area contributed by atoms with Crippen LogP contribution in [0.3, 0.4) is 0 Å². The number of nitrogens with zero attached hydrogens (tertiary/aromatic N) is 2. The van der Waals surface area contributed by atoms with Gasteiger partial charge in [0.1, 0.15) is 0 Å². The zero-order valence-corrected chi connectivity index (χ0v) is 20.2. The molecule has 0 aliphatic heterocycles. The van der Waals surface area contributed by atoms with Gasteiger partial charge in [-0.2, -0.15) is 0 Å². The highest BCUT2D eigenvalue weighted by Gasteiger charge is 2.36. The molecule has 0 saturated heterocycles. The molecule has 0 heterocycles. The van der Waals surface area contributed by atoms with Gasteiger partial charge in [0.25, 0.3) is 0 Å². The van der Waals surface area contributed by atoms with Crippen LogP contribution in [0.15, 0.2) is 34.3 Å². The van der Waals surface area contributed by atoms with Crippen LogP contribution in [0.5, 0.6) is 0 Å². The second-order valence-corrected chi connectivity index (χ2v) is 14.7. The topological polar surface area (TPSA) is 61.6 Å². The van der Waals surface area contributed by atoms with Crippen molar-refractivity contribution >= 4 is 29.6 Å². The first-order valence-corrected chi connectivity index (χ1v) is 14.8. The summed E-state index contributed by atoms with van der Waals surface area (Å²) in [6.07, 6.45) is 5.78. The summed E-state index contributed by atoms with van der Waals surface area (Å²) in [6, 6.07) is 10.1. The van der Waals surface area contributed by atoms with Gasteiger partial charge >= 0.3 is 8.80 Å². The van der Waals surface area contributed by atoms with Gasteiger partial charge in [0.2, 0.25) is 0 Å². The lowest BCUT2D eigenvalue weighted by atomic mass is 10.1. The summed E-state index contributed by atoms with van der Waals surface area (Å²) in [4.78, 5) is 9.00. The van der Waals surface area contributed by atoms with E-state index >= 15 is 0 Å². The first kappa shape index (κ1) is 24.9. The van der Waals surface area contributed by atoms with Crippen molar-refractivity contribution in [1.29, 1.82) is 0 Å². The van der Waals surface area contributed by atoms with E-state index in [2.05, 4.69) is 47.3 Å². The Hall–Kier alpha value is -1.17. The van der Waals surface area contributed by atoms with Crippen molar-refractivity contribution in [2.45, 2.75) is 38.0 Å². The predicted octanol–water partition coefficient (Wildman–Crippen LogP) is 4.03. The fourth-order valence-corrected chi connectivity index (χ4v) is 5.57. The van der Waals surface area contributed by atoms with E-state index in [4.69, 9.17) is 17.7 Å². The summed E-state index contributed by atoms with van der Waals surface area (Å²) in [5.74, 6) is 0. The SMILES string of the molecule is CO[Si](C)(C)CCC/N=C/c1ccc(/C=N/CCC[Si](OC)(OC)OC)cc1. The van der Waals surface area contributed by atoms with Crippen molar-refractivity contribution < 1.29 is 17.7 Å². The molecule has 1 aromatic carbocycles. The third kappa shape index (κ3) is 9.35. The summed E-state index contributed by atoms with van der Waals surface area (Å²) in [5.41, 5.74) is 2.19. The Morgan fingerprint density at radius 1 is 0.714 bits per heavy atom. The van der Waals surface area contributed by atoms with Crippen molar-refractivity contribution in [3.8, 4) is 0 Å². The Balaban J connectivity index is 2.36. The van der Waals surface area contributed by atoms with Crippen LogP contribution in [0.25, 0.3) is 0 Å². The van der Waals surface area contributed by atoms with Crippen LogP contribution in [0, 0.1) is 0 Å². The minimum atomic E-state index is -2.48. The molecule has 0 spiro atoms. The maximum absolute atomic E-state index is 5.55. The van der Waals surface area contributed by atoms with Crippen molar-refractivity contribution in [2.75, 3.05) is 41.5 Å². The van der Waals surface area contributed by atoms with Gasteiger partial charge < -0.3 is 17.7 Å². The van der Waals surface area contributed by atoms with E-state index in [9.17, 15) is 0 Å². The summed E-state index contributed by atoms with van der Waals surface area (Å²) < 4.78 is 21.8. The monoisotopic (exact) mass is 424 g/mol. The Kier molecular flexibility index (Phi) is 11.7. The minimum Gasteiger partial charge on any atom is -0.420 e. The van der Waals surface area contributed by atoms with Crippen LogP contribution >= 0.6 is 0 Å². The highest BCUT2D eigenvalue weighted by molar-refractivity contribution is 6.71. The van der Waals surface area contributed by atoms with Gasteiger partial charge in [-0.05, 0) is 43.1 Å². The molecule has 8 heteroatoms. The van der Waals surface area contributed by atoms with E-state index in [0.717, 1.165) is 49.1 Å². The number of rotatable bonds is 14. The van der Waals surface area contributed by atoms with Gasteiger partial charge in [-0.1, -0.05) is 24.3 Å². The number of hydrogen-bond donors (Lipinski definition) is 0. The molecule has 0 aromatic heterocycles. The molecule has 0 N–H and O–H groups in total. The molecule has 1 aromatic rings. The Morgan fingerprint density at radius 2 is 1.14 bits per heavy atom. The summed E-state index contributed by atoms with van der Waals surface area (Å²) >= 11 is 0. The quantitative estimate of drug-likeness (QED) is 0.257. The molecule has 6 nitrogen and oxygen atoms in total. The summed E-state index contributed by atoms with van der Waals surface area (Å²) in [5, 5.41) is 0. The molecule has 28 heavy (non-hydrogen) atoms. The van der Waals surface area contributed by atoms with Gasteiger partial charge in [0.15, 0.2) is 8.32 Å². The molecule has 0 fully saturated rings. The lowest BCUT2D eigenvalue weighted by Gasteiger charge is -2.23. The van der Waals surface area contributed by atoms with Gasteiger partial charge in [-0.25, -0.2) is 0 Å². The second kappa shape index (κ2) is 13.1. The maximum atomic E-state index is 5.55. The maximum Gasteiger partial charge on any atom is 0.500 e. The van der Waals surface area contributed by atoms with Crippen molar-refractivity contribution in [3.05, 3.63) is 35.4 Å². The second-order valence-electron chi connectivity index (χ2n) is 7.20. The normalized spacial score (nSPS) is 13.1. The molecular weight excluding hydrogens is 388 g/mol. The van der Waals surface area contributed by atoms with Gasteiger partial charge in [-0.15, -0.1) is 0 Å². The minimum absolute atomic E-state index is 0.717. The average Bonchev–Trinajstić information content (AvgIpc) is 2.72. The smallest absolute Gasteiger partial charge is 0.420 e. The average molecular weight is 425 g/mol. The third-order valence-electron chi connectivity index (χ3n) is 4.74. The zero-order valence-electron chi connectivity index (χ0n) is 18.2. The van der Waals surface area contributed by atoms with Crippen LogP contribution in [0.2, 0.25) is 25.2 Å². The lowest BCUT2D eigenvalue weighted by molar-refractivity contribution is 0.123. The van der Waals surface area contributed by atoms with Crippen molar-refractivity contribution in [3.63, 3.8) is 0 Å². The third-order valence-corrected chi connectivity index (χ3v) is 10.2. The Bertz CT molecular complexity index is 594. The molecule has 0 atom stereocenters. The van der Waals surface area contributed by atoms with Crippen LogP contribution in [0.1, 0.15) is 24.0 Å². The van der Waals surface area contributed by atoms with Crippen LogP contribution in [-0.2, 0) is 17.7 Å². The van der Waals surface area contributed by atoms with Crippen LogP contribution in [-0.4, -0.2) is 71.1 Å². The lowest BCUT2D eigenvalue weighted by Crippen LogP contribution is -2.42. The van der Waals surface area contributed by atoms with E-state index in [1.807, 2.05) is 19.5 Å². The van der Waals surface area contributed by atoms with E-state index in [0.29, 0.717) is 0 Å². The fourth-order valence-electron chi connectivity index (χ4n) is 2.65. The molecule has 158 valence electrons. The zero-order chi connectivity index (χ0) is 20.9. The van der Waals surface area contributed by atoms with Crippen LogP contribution in [0.4, 0.5) is 0 Å². The molecule has 0 radical (unpaired) electrons. The first-order valence-electron chi connectivity index (χ1n) is 9.70.